The third kappa shape index (κ3) is 2.97. The molecule has 0 aliphatic carbocycles. The number of carbonyl (C=O) groups excluding carboxylic acids is 1. The maximum Gasteiger partial charge on any atom is 0.242 e. The highest BCUT2D eigenvalue weighted by Crippen LogP contribution is 2.17. The van der Waals surface area contributed by atoms with Crippen molar-refractivity contribution in [2.75, 3.05) is 13.2 Å². The first-order chi connectivity index (χ1) is 9.44. The van der Waals surface area contributed by atoms with Gasteiger partial charge in [0.2, 0.25) is 5.91 Å². The molecule has 1 aromatic heterocycles. The number of imidazole rings is 1. The maximum atomic E-state index is 12.1. The number of hydrogen-bond donors (Lipinski definition) is 3. The molecule has 2 aromatic rings. The molecule has 0 aliphatic rings. The van der Waals surface area contributed by atoms with Crippen LogP contribution in [0.15, 0.2) is 30.6 Å². The van der Waals surface area contributed by atoms with Crippen molar-refractivity contribution in [3.63, 3.8) is 0 Å². The van der Waals surface area contributed by atoms with Crippen molar-refractivity contribution in [2.45, 2.75) is 25.5 Å². The first-order valence-corrected chi connectivity index (χ1v) is 6.47. The Hall–Kier alpha value is -1.92. The molecular formula is C14H19N3O3. The van der Waals surface area contributed by atoms with Gasteiger partial charge in [-0.2, -0.15) is 0 Å². The smallest absolute Gasteiger partial charge is 0.242 e. The molecule has 1 heterocycles. The lowest BCUT2D eigenvalue weighted by molar-refractivity contribution is -0.125. The van der Waals surface area contributed by atoms with Gasteiger partial charge in [0.15, 0.2) is 0 Å². The Bertz CT molecular complexity index is 606. The predicted molar refractivity (Wildman–Crippen MR) is 75.2 cm³/mol. The largest absolute Gasteiger partial charge is 0.393 e. The van der Waals surface area contributed by atoms with E-state index in [0.717, 1.165) is 11.0 Å². The van der Waals surface area contributed by atoms with Gasteiger partial charge in [-0.05, 0) is 26.0 Å². The summed E-state index contributed by atoms with van der Waals surface area (Å²) in [6.45, 7) is 2.82. The van der Waals surface area contributed by atoms with Crippen molar-refractivity contribution in [3.8, 4) is 0 Å². The van der Waals surface area contributed by atoms with Gasteiger partial charge in [0.1, 0.15) is 11.6 Å². The second kappa shape index (κ2) is 5.60. The van der Waals surface area contributed by atoms with E-state index in [4.69, 9.17) is 5.11 Å². The number of hydrogen-bond acceptors (Lipinski definition) is 4. The monoisotopic (exact) mass is 277 g/mol. The van der Waals surface area contributed by atoms with Gasteiger partial charge in [0.05, 0.1) is 24.0 Å². The number of benzene rings is 1. The minimum absolute atomic E-state index is 0.000691. The van der Waals surface area contributed by atoms with Crippen LogP contribution in [0.1, 0.15) is 19.9 Å². The van der Waals surface area contributed by atoms with Crippen molar-refractivity contribution in [1.29, 1.82) is 0 Å². The lowest BCUT2D eigenvalue weighted by atomic mass is 10.1. The van der Waals surface area contributed by atoms with Gasteiger partial charge in [-0.25, -0.2) is 4.98 Å². The number of para-hydroxylation sites is 2. The molecule has 1 amide bonds. The zero-order chi connectivity index (χ0) is 14.8. The molecule has 2 rings (SSSR count). The molecule has 0 aliphatic heterocycles. The van der Waals surface area contributed by atoms with Crippen LogP contribution in [0.5, 0.6) is 0 Å². The number of carbonyl (C=O) groups is 1. The van der Waals surface area contributed by atoms with Crippen LogP contribution < -0.4 is 5.32 Å². The highest BCUT2D eigenvalue weighted by molar-refractivity contribution is 5.83. The van der Waals surface area contributed by atoms with E-state index in [1.807, 2.05) is 24.3 Å². The van der Waals surface area contributed by atoms with E-state index in [-0.39, 0.29) is 12.5 Å². The van der Waals surface area contributed by atoms with Crippen LogP contribution in [0, 0.1) is 0 Å². The molecule has 2 atom stereocenters. The summed E-state index contributed by atoms with van der Waals surface area (Å²) in [4.78, 5) is 16.3. The zero-order valence-corrected chi connectivity index (χ0v) is 11.6. The summed E-state index contributed by atoms with van der Waals surface area (Å²) in [5, 5.41) is 21.3. The number of aliphatic hydroxyl groups is 2. The molecular weight excluding hydrogens is 258 g/mol. The number of aromatic nitrogens is 2. The van der Waals surface area contributed by atoms with E-state index in [1.165, 1.54) is 6.92 Å². The molecule has 0 saturated carbocycles. The number of aliphatic hydroxyl groups excluding tert-OH is 1. The number of nitrogens with one attached hydrogen (secondary N) is 1. The number of nitrogens with zero attached hydrogens (tertiary/aromatic N) is 2. The fourth-order valence-corrected chi connectivity index (χ4v) is 1.89. The van der Waals surface area contributed by atoms with E-state index in [9.17, 15) is 9.90 Å². The van der Waals surface area contributed by atoms with Crippen LogP contribution in [-0.2, 0) is 4.79 Å². The first kappa shape index (κ1) is 14.5. The molecule has 2 unspecified atom stereocenters. The first-order valence-electron chi connectivity index (χ1n) is 6.47. The van der Waals surface area contributed by atoms with Crippen LogP contribution in [-0.4, -0.2) is 44.4 Å². The Kier molecular flexibility index (Phi) is 4.06. The van der Waals surface area contributed by atoms with Gasteiger partial charge in [-0.1, -0.05) is 12.1 Å². The maximum absolute atomic E-state index is 12.1. The number of fused-ring (bicyclic) bond motifs is 1. The second-order valence-corrected chi connectivity index (χ2v) is 5.19. The molecule has 20 heavy (non-hydrogen) atoms. The molecule has 3 N–H and O–H groups in total. The van der Waals surface area contributed by atoms with Gasteiger partial charge in [-0.15, -0.1) is 0 Å². The average molecular weight is 277 g/mol. The Balaban J connectivity index is 2.11. The molecule has 0 bridgehead atoms. The average Bonchev–Trinajstić information content (AvgIpc) is 2.88. The summed E-state index contributed by atoms with van der Waals surface area (Å²) in [5.41, 5.74) is 0.394. The van der Waals surface area contributed by atoms with Crippen LogP contribution in [0.25, 0.3) is 11.0 Å². The van der Waals surface area contributed by atoms with Crippen molar-refractivity contribution in [2.24, 2.45) is 0 Å². The third-order valence-electron chi connectivity index (χ3n) is 3.26. The molecule has 6 nitrogen and oxygen atoms in total. The number of rotatable bonds is 5. The molecule has 108 valence electrons. The Morgan fingerprint density at radius 1 is 1.50 bits per heavy atom. The quantitative estimate of drug-likeness (QED) is 0.741. The van der Waals surface area contributed by atoms with Crippen molar-refractivity contribution in [3.05, 3.63) is 30.6 Å². The highest BCUT2D eigenvalue weighted by Gasteiger charge is 2.23. The lowest BCUT2D eigenvalue weighted by Gasteiger charge is -2.22. The van der Waals surface area contributed by atoms with E-state index in [2.05, 4.69) is 10.3 Å². The molecule has 0 radical (unpaired) electrons. The van der Waals surface area contributed by atoms with Crippen LogP contribution in [0.4, 0.5) is 0 Å². The predicted octanol–water partition coefficient (Wildman–Crippen LogP) is 0.457. The Morgan fingerprint density at radius 3 is 2.90 bits per heavy atom. The van der Waals surface area contributed by atoms with Gasteiger partial charge in [-0.3, -0.25) is 4.79 Å². The van der Waals surface area contributed by atoms with Gasteiger partial charge >= 0.3 is 0 Å². The molecule has 0 fully saturated rings. The normalized spacial score (nSPS) is 15.8. The van der Waals surface area contributed by atoms with Crippen molar-refractivity contribution in [1.82, 2.24) is 14.9 Å². The van der Waals surface area contributed by atoms with Crippen molar-refractivity contribution >= 4 is 16.9 Å². The van der Waals surface area contributed by atoms with E-state index in [0.29, 0.717) is 0 Å². The molecule has 0 spiro atoms. The minimum Gasteiger partial charge on any atom is -0.393 e. The van der Waals surface area contributed by atoms with E-state index < -0.39 is 18.2 Å². The zero-order valence-electron chi connectivity index (χ0n) is 11.6. The van der Waals surface area contributed by atoms with Gasteiger partial charge in [0.25, 0.3) is 0 Å². The third-order valence-corrected chi connectivity index (χ3v) is 3.26. The summed E-state index contributed by atoms with van der Waals surface area (Å²) in [6.07, 6.45) is 1.62. The van der Waals surface area contributed by atoms with E-state index in [1.54, 1.807) is 17.8 Å². The Morgan fingerprint density at radius 2 is 2.20 bits per heavy atom. The van der Waals surface area contributed by atoms with Gasteiger partial charge < -0.3 is 20.1 Å². The lowest BCUT2D eigenvalue weighted by Crippen LogP contribution is -2.44. The van der Waals surface area contributed by atoms with Crippen LogP contribution >= 0.6 is 0 Å². The fourth-order valence-electron chi connectivity index (χ4n) is 1.89. The fraction of sp³-hybridized carbons (Fsp3) is 0.429. The molecule has 0 saturated heterocycles. The summed E-state index contributed by atoms with van der Waals surface area (Å²) in [6, 6.07) is 7.12. The summed E-state index contributed by atoms with van der Waals surface area (Å²) >= 11 is 0. The van der Waals surface area contributed by atoms with Crippen molar-refractivity contribution < 1.29 is 15.0 Å². The van der Waals surface area contributed by atoms with Crippen LogP contribution in [0.2, 0.25) is 0 Å². The standard InChI is InChI=1S/C14H19N3O3/c1-10(13(19)15-7-14(2,20)8-18)17-9-16-11-5-3-4-6-12(11)17/h3-6,9-10,18,20H,7-8H2,1-2H3,(H,15,19). The summed E-state index contributed by atoms with van der Waals surface area (Å²) < 4.78 is 1.78. The minimum atomic E-state index is -1.31. The highest BCUT2D eigenvalue weighted by atomic mass is 16.3. The summed E-state index contributed by atoms with van der Waals surface area (Å²) in [5.74, 6) is -0.234. The molecule has 6 heteroatoms. The number of amides is 1. The Labute approximate surface area is 117 Å². The summed E-state index contributed by atoms with van der Waals surface area (Å²) in [7, 11) is 0. The second-order valence-electron chi connectivity index (χ2n) is 5.19. The van der Waals surface area contributed by atoms with Gasteiger partial charge in [0, 0.05) is 6.54 Å². The van der Waals surface area contributed by atoms with Crippen LogP contribution in [0.3, 0.4) is 0 Å². The SMILES string of the molecule is CC(C(=O)NCC(C)(O)CO)n1cnc2ccccc21. The topological polar surface area (TPSA) is 87.4 Å². The molecule has 1 aromatic carbocycles. The van der Waals surface area contributed by atoms with E-state index >= 15 is 0 Å².